The highest BCUT2D eigenvalue weighted by molar-refractivity contribution is 6.07. The van der Waals surface area contributed by atoms with Crippen molar-refractivity contribution in [2.24, 2.45) is 5.41 Å². The van der Waals surface area contributed by atoms with Crippen LogP contribution < -0.4 is 20.4 Å². The van der Waals surface area contributed by atoms with Gasteiger partial charge in [-0.15, -0.1) is 0 Å². The van der Waals surface area contributed by atoms with Crippen LogP contribution in [-0.4, -0.2) is 69.5 Å². The van der Waals surface area contributed by atoms with Crippen LogP contribution in [0.4, 0.5) is 23.3 Å². The number of hydrogen-bond donors (Lipinski definition) is 4. The molecule has 200 valence electrons. The SMILES string of the molecule is CC(C)(CO)Nc1ccc(C(=O)Nc2cccc(N3CCC(O)C3(C)C)n2)c(N2CCC3(CC2)CC3)n1. The summed E-state index contributed by atoms with van der Waals surface area (Å²) in [6, 6.07) is 9.17. The lowest BCUT2D eigenvalue weighted by Gasteiger charge is -2.35. The van der Waals surface area contributed by atoms with Gasteiger partial charge in [-0.3, -0.25) is 4.79 Å². The van der Waals surface area contributed by atoms with Crippen LogP contribution >= 0.6 is 0 Å². The highest BCUT2D eigenvalue weighted by Crippen LogP contribution is 2.54. The normalized spacial score (nSPS) is 22.3. The van der Waals surface area contributed by atoms with E-state index in [-0.39, 0.29) is 12.5 Å². The highest BCUT2D eigenvalue weighted by Gasteiger charge is 2.45. The van der Waals surface area contributed by atoms with E-state index in [0.717, 1.165) is 31.7 Å². The summed E-state index contributed by atoms with van der Waals surface area (Å²) in [5, 5.41) is 26.4. The van der Waals surface area contributed by atoms with Crippen molar-refractivity contribution in [3.63, 3.8) is 0 Å². The molecule has 2 aromatic rings. The van der Waals surface area contributed by atoms with E-state index in [2.05, 4.69) is 20.4 Å². The molecule has 9 heteroatoms. The van der Waals surface area contributed by atoms with E-state index in [4.69, 9.17) is 9.97 Å². The first-order valence-electron chi connectivity index (χ1n) is 13.4. The Labute approximate surface area is 219 Å². The number of nitrogens with one attached hydrogen (secondary N) is 2. The van der Waals surface area contributed by atoms with Gasteiger partial charge in [-0.2, -0.15) is 0 Å². The van der Waals surface area contributed by atoms with Crippen LogP contribution in [0.5, 0.6) is 0 Å². The molecule has 1 aliphatic carbocycles. The Morgan fingerprint density at radius 1 is 1.05 bits per heavy atom. The summed E-state index contributed by atoms with van der Waals surface area (Å²) in [7, 11) is 0. The minimum Gasteiger partial charge on any atom is -0.394 e. The minimum atomic E-state index is -0.532. The fourth-order valence-corrected chi connectivity index (χ4v) is 5.50. The third kappa shape index (κ3) is 5.25. The van der Waals surface area contributed by atoms with Crippen LogP contribution in [0.1, 0.15) is 70.2 Å². The average molecular weight is 509 g/mol. The van der Waals surface area contributed by atoms with Gasteiger partial charge in [-0.05, 0) is 89.5 Å². The topological polar surface area (TPSA) is 114 Å². The van der Waals surface area contributed by atoms with Crippen LogP contribution in [0.15, 0.2) is 30.3 Å². The Bertz CT molecular complexity index is 1150. The first kappa shape index (κ1) is 25.7. The Morgan fingerprint density at radius 2 is 1.78 bits per heavy atom. The van der Waals surface area contributed by atoms with Gasteiger partial charge in [0.05, 0.1) is 29.4 Å². The molecule has 2 aliphatic heterocycles. The number of amides is 1. The smallest absolute Gasteiger partial charge is 0.260 e. The van der Waals surface area contributed by atoms with E-state index in [1.54, 1.807) is 18.2 Å². The molecule has 4 heterocycles. The Morgan fingerprint density at radius 3 is 2.41 bits per heavy atom. The van der Waals surface area contributed by atoms with Gasteiger partial charge in [0.15, 0.2) is 0 Å². The second-order valence-electron chi connectivity index (χ2n) is 12.2. The molecule has 2 aromatic heterocycles. The van der Waals surface area contributed by atoms with E-state index in [9.17, 15) is 15.0 Å². The summed E-state index contributed by atoms with van der Waals surface area (Å²) >= 11 is 0. The van der Waals surface area contributed by atoms with E-state index in [0.29, 0.717) is 41.4 Å². The summed E-state index contributed by atoms with van der Waals surface area (Å²) < 4.78 is 0. The van der Waals surface area contributed by atoms with E-state index < -0.39 is 17.2 Å². The number of piperidine rings is 1. The van der Waals surface area contributed by atoms with Gasteiger partial charge < -0.3 is 30.6 Å². The molecule has 3 fully saturated rings. The number of aromatic nitrogens is 2. The maximum Gasteiger partial charge on any atom is 0.260 e. The number of carbonyl (C=O) groups is 1. The zero-order chi connectivity index (χ0) is 26.4. The van der Waals surface area contributed by atoms with Crippen molar-refractivity contribution < 1.29 is 15.0 Å². The predicted octanol–water partition coefficient (Wildman–Crippen LogP) is 3.64. The van der Waals surface area contributed by atoms with E-state index >= 15 is 0 Å². The summed E-state index contributed by atoms with van der Waals surface area (Å²) in [6.45, 7) is 10.3. The molecule has 2 saturated heterocycles. The molecule has 1 atom stereocenters. The highest BCUT2D eigenvalue weighted by atomic mass is 16.3. The van der Waals surface area contributed by atoms with Crippen molar-refractivity contribution in [3.05, 3.63) is 35.9 Å². The fraction of sp³-hybridized carbons (Fsp3) is 0.607. The number of anilines is 4. The van der Waals surface area contributed by atoms with Gasteiger partial charge in [0, 0.05) is 19.6 Å². The number of nitrogens with zero attached hydrogens (tertiary/aromatic N) is 4. The molecule has 0 bridgehead atoms. The van der Waals surface area contributed by atoms with Gasteiger partial charge in [0.2, 0.25) is 0 Å². The Hall–Kier alpha value is -2.91. The molecule has 5 rings (SSSR count). The lowest BCUT2D eigenvalue weighted by Crippen LogP contribution is -2.45. The number of carbonyl (C=O) groups excluding carboxylic acids is 1. The van der Waals surface area contributed by atoms with Crippen molar-refractivity contribution in [3.8, 4) is 0 Å². The molecular weight excluding hydrogens is 468 g/mol. The van der Waals surface area contributed by atoms with Gasteiger partial charge in [0.1, 0.15) is 23.3 Å². The van der Waals surface area contributed by atoms with Crippen LogP contribution in [0.2, 0.25) is 0 Å². The first-order chi connectivity index (χ1) is 17.5. The van der Waals surface area contributed by atoms with Crippen molar-refractivity contribution in [2.75, 3.05) is 46.7 Å². The second kappa shape index (κ2) is 9.44. The van der Waals surface area contributed by atoms with Crippen molar-refractivity contribution in [1.29, 1.82) is 0 Å². The third-order valence-corrected chi connectivity index (χ3v) is 8.45. The molecule has 0 radical (unpaired) electrons. The Balaban J connectivity index is 1.39. The van der Waals surface area contributed by atoms with Gasteiger partial charge in [-0.1, -0.05) is 6.07 Å². The van der Waals surface area contributed by atoms with E-state index in [1.807, 2.05) is 39.8 Å². The molecule has 3 aliphatic rings. The van der Waals surface area contributed by atoms with Crippen molar-refractivity contribution in [2.45, 2.75) is 77.0 Å². The molecular formula is C28H40N6O3. The largest absolute Gasteiger partial charge is 0.394 e. The monoisotopic (exact) mass is 508 g/mol. The lowest BCUT2D eigenvalue weighted by molar-refractivity contribution is 0.102. The first-order valence-corrected chi connectivity index (χ1v) is 13.4. The van der Waals surface area contributed by atoms with Crippen molar-refractivity contribution in [1.82, 2.24) is 9.97 Å². The third-order valence-electron chi connectivity index (χ3n) is 8.45. The van der Waals surface area contributed by atoms with Crippen molar-refractivity contribution >= 4 is 29.2 Å². The molecule has 1 saturated carbocycles. The number of pyridine rings is 2. The zero-order valence-corrected chi connectivity index (χ0v) is 22.4. The molecule has 1 amide bonds. The Kier molecular flexibility index (Phi) is 6.56. The van der Waals surface area contributed by atoms with Crippen LogP contribution in [0.25, 0.3) is 0 Å². The predicted molar refractivity (Wildman–Crippen MR) is 146 cm³/mol. The number of aliphatic hydroxyl groups excluding tert-OH is 2. The summed E-state index contributed by atoms with van der Waals surface area (Å²) in [6.07, 6.45) is 5.11. The minimum absolute atomic E-state index is 0.0364. The number of hydrogen-bond acceptors (Lipinski definition) is 8. The average Bonchev–Trinajstić information content (AvgIpc) is 3.56. The molecule has 1 unspecified atom stereocenters. The van der Waals surface area contributed by atoms with Crippen LogP contribution in [-0.2, 0) is 0 Å². The summed E-state index contributed by atoms with van der Waals surface area (Å²) in [4.78, 5) is 27.4. The second-order valence-corrected chi connectivity index (χ2v) is 12.2. The van der Waals surface area contributed by atoms with E-state index in [1.165, 1.54) is 12.8 Å². The molecule has 1 spiro atoms. The van der Waals surface area contributed by atoms with Crippen LogP contribution in [0.3, 0.4) is 0 Å². The maximum atomic E-state index is 13.6. The quantitative estimate of drug-likeness (QED) is 0.448. The van der Waals surface area contributed by atoms with Gasteiger partial charge >= 0.3 is 0 Å². The molecule has 4 N–H and O–H groups in total. The van der Waals surface area contributed by atoms with Gasteiger partial charge in [0.25, 0.3) is 5.91 Å². The summed E-state index contributed by atoms with van der Waals surface area (Å²) in [5.41, 5.74) is 0.0539. The lowest BCUT2D eigenvalue weighted by atomic mass is 9.93. The number of aliphatic hydroxyl groups is 2. The number of rotatable bonds is 7. The van der Waals surface area contributed by atoms with Crippen LogP contribution in [0, 0.1) is 5.41 Å². The molecule has 9 nitrogen and oxygen atoms in total. The standard InChI is InChI=1S/C28H40N6O3/c1-26(2,18-35)32-22-9-8-19(24(30-22)33-16-13-28(11-12-28)14-17-33)25(37)31-21-6-5-7-23(29-21)34-15-10-20(36)27(34,3)4/h5-9,20,35-36H,10-18H2,1-4H3,(H,30,32)(H,29,31,37). The molecule has 0 aromatic carbocycles. The fourth-order valence-electron chi connectivity index (χ4n) is 5.50. The summed E-state index contributed by atoms with van der Waals surface area (Å²) in [5.74, 6) is 2.23. The molecule has 37 heavy (non-hydrogen) atoms. The van der Waals surface area contributed by atoms with Gasteiger partial charge in [-0.25, -0.2) is 9.97 Å². The maximum absolute atomic E-state index is 13.6. The zero-order valence-electron chi connectivity index (χ0n) is 22.4.